The highest BCUT2D eigenvalue weighted by atomic mass is 16.1. The lowest BCUT2D eigenvalue weighted by molar-refractivity contribution is 0.102. The number of carbonyl (C=O) groups is 1. The number of aryl methyl sites for hydroxylation is 1. The van der Waals surface area contributed by atoms with Gasteiger partial charge in [-0.2, -0.15) is 5.10 Å². The Bertz CT molecular complexity index is 1170. The van der Waals surface area contributed by atoms with Crippen molar-refractivity contribution in [3.63, 3.8) is 0 Å². The van der Waals surface area contributed by atoms with Gasteiger partial charge in [0, 0.05) is 37.7 Å². The van der Waals surface area contributed by atoms with Crippen LogP contribution >= 0.6 is 0 Å². The molecule has 0 bridgehead atoms. The first-order chi connectivity index (χ1) is 14.6. The monoisotopic (exact) mass is 399 g/mol. The standard InChI is InChI=1S/C22H21N7O/c1-3-23-20-13-15(10-12-25-20)16-8-6-9-18(26-16)22(30)27-19-14-29(2)28-21(19)17-7-4-5-11-24-17/h4-14H,3H2,1-2H3,(H,23,25)(H,27,30). The molecule has 0 atom stereocenters. The Labute approximate surface area is 174 Å². The summed E-state index contributed by atoms with van der Waals surface area (Å²) in [5, 5.41) is 10.5. The van der Waals surface area contributed by atoms with Gasteiger partial charge in [0.2, 0.25) is 0 Å². The second-order valence-corrected chi connectivity index (χ2v) is 6.60. The maximum absolute atomic E-state index is 12.9. The molecule has 0 fully saturated rings. The van der Waals surface area contributed by atoms with Gasteiger partial charge in [0.25, 0.3) is 5.91 Å². The highest BCUT2D eigenvalue weighted by Crippen LogP contribution is 2.25. The molecule has 4 heterocycles. The summed E-state index contributed by atoms with van der Waals surface area (Å²) < 4.78 is 1.64. The molecule has 0 aromatic carbocycles. The molecule has 0 radical (unpaired) electrons. The van der Waals surface area contributed by atoms with Gasteiger partial charge in [0.15, 0.2) is 0 Å². The number of nitrogens with zero attached hydrogens (tertiary/aromatic N) is 5. The van der Waals surface area contributed by atoms with E-state index in [0.29, 0.717) is 28.5 Å². The van der Waals surface area contributed by atoms with Gasteiger partial charge in [0.05, 0.1) is 17.1 Å². The Balaban J connectivity index is 1.60. The molecule has 0 saturated carbocycles. The molecule has 0 saturated heterocycles. The van der Waals surface area contributed by atoms with E-state index in [4.69, 9.17) is 0 Å². The van der Waals surface area contributed by atoms with Crippen molar-refractivity contribution in [2.75, 3.05) is 17.2 Å². The SMILES string of the molecule is CCNc1cc(-c2cccc(C(=O)Nc3cn(C)nc3-c3ccccn3)n2)ccn1. The third-order valence-electron chi connectivity index (χ3n) is 4.38. The summed E-state index contributed by atoms with van der Waals surface area (Å²) >= 11 is 0. The van der Waals surface area contributed by atoms with Crippen LogP contribution in [0.5, 0.6) is 0 Å². The smallest absolute Gasteiger partial charge is 0.274 e. The quantitative estimate of drug-likeness (QED) is 0.514. The Hall–Kier alpha value is -4.07. The topological polar surface area (TPSA) is 97.6 Å². The number of amides is 1. The highest BCUT2D eigenvalue weighted by Gasteiger charge is 2.16. The average molecular weight is 399 g/mol. The zero-order chi connectivity index (χ0) is 20.9. The second-order valence-electron chi connectivity index (χ2n) is 6.60. The lowest BCUT2D eigenvalue weighted by Crippen LogP contribution is -2.14. The van der Waals surface area contributed by atoms with Crippen LogP contribution in [0, 0.1) is 0 Å². The van der Waals surface area contributed by atoms with E-state index >= 15 is 0 Å². The molecule has 1 amide bonds. The number of carbonyl (C=O) groups excluding carboxylic acids is 1. The van der Waals surface area contributed by atoms with Gasteiger partial charge in [-0.25, -0.2) is 9.97 Å². The van der Waals surface area contributed by atoms with Gasteiger partial charge in [-0.1, -0.05) is 12.1 Å². The fourth-order valence-corrected chi connectivity index (χ4v) is 3.05. The summed E-state index contributed by atoms with van der Waals surface area (Å²) in [5.41, 5.74) is 3.75. The molecule has 4 aromatic heterocycles. The third kappa shape index (κ3) is 4.17. The predicted octanol–water partition coefficient (Wildman–Crippen LogP) is 3.62. The second kappa shape index (κ2) is 8.52. The summed E-state index contributed by atoms with van der Waals surface area (Å²) in [6, 6.07) is 14.7. The van der Waals surface area contributed by atoms with Gasteiger partial charge >= 0.3 is 0 Å². The van der Waals surface area contributed by atoms with Gasteiger partial charge in [-0.05, 0) is 43.3 Å². The van der Waals surface area contributed by atoms with E-state index in [9.17, 15) is 4.79 Å². The zero-order valence-corrected chi connectivity index (χ0v) is 16.7. The number of nitrogens with one attached hydrogen (secondary N) is 2. The van der Waals surface area contributed by atoms with Crippen molar-refractivity contribution < 1.29 is 4.79 Å². The number of pyridine rings is 3. The molecule has 0 unspecified atom stereocenters. The van der Waals surface area contributed by atoms with Gasteiger partial charge in [-0.15, -0.1) is 0 Å². The Morgan fingerprint density at radius 2 is 1.90 bits per heavy atom. The van der Waals surface area contributed by atoms with Crippen molar-refractivity contribution in [1.82, 2.24) is 24.7 Å². The summed E-state index contributed by atoms with van der Waals surface area (Å²) in [6.45, 7) is 2.78. The maximum Gasteiger partial charge on any atom is 0.274 e. The molecule has 0 aliphatic carbocycles. The summed E-state index contributed by atoms with van der Waals surface area (Å²) in [5.74, 6) is 0.449. The van der Waals surface area contributed by atoms with Crippen LogP contribution in [-0.2, 0) is 7.05 Å². The van der Waals surface area contributed by atoms with Crippen LogP contribution in [0.2, 0.25) is 0 Å². The lowest BCUT2D eigenvalue weighted by Gasteiger charge is -2.08. The minimum atomic E-state index is -0.317. The molecule has 0 spiro atoms. The minimum Gasteiger partial charge on any atom is -0.370 e. The van der Waals surface area contributed by atoms with Gasteiger partial charge in [0.1, 0.15) is 17.2 Å². The van der Waals surface area contributed by atoms with E-state index in [-0.39, 0.29) is 5.91 Å². The molecule has 4 aromatic rings. The van der Waals surface area contributed by atoms with Crippen molar-refractivity contribution in [2.45, 2.75) is 6.92 Å². The zero-order valence-electron chi connectivity index (χ0n) is 16.7. The molecular weight excluding hydrogens is 378 g/mol. The molecular formula is C22H21N7O. The van der Waals surface area contributed by atoms with Crippen molar-refractivity contribution in [3.05, 3.63) is 72.8 Å². The first kappa shape index (κ1) is 19.3. The Morgan fingerprint density at radius 3 is 2.70 bits per heavy atom. The normalized spacial score (nSPS) is 10.6. The summed E-state index contributed by atoms with van der Waals surface area (Å²) in [6.07, 6.45) is 5.16. The van der Waals surface area contributed by atoms with Crippen molar-refractivity contribution in [3.8, 4) is 22.6 Å². The summed E-state index contributed by atoms with van der Waals surface area (Å²) in [7, 11) is 1.80. The molecule has 8 nitrogen and oxygen atoms in total. The average Bonchev–Trinajstić information content (AvgIpc) is 3.15. The Kier molecular flexibility index (Phi) is 5.47. The molecule has 2 N–H and O–H groups in total. The van der Waals surface area contributed by atoms with E-state index in [2.05, 4.69) is 30.7 Å². The van der Waals surface area contributed by atoms with Crippen LogP contribution in [0.3, 0.4) is 0 Å². The third-order valence-corrected chi connectivity index (χ3v) is 4.38. The first-order valence-electron chi connectivity index (χ1n) is 9.58. The van der Waals surface area contributed by atoms with E-state index in [1.54, 1.807) is 36.4 Å². The van der Waals surface area contributed by atoms with Crippen molar-refractivity contribution >= 4 is 17.4 Å². The highest BCUT2D eigenvalue weighted by molar-refractivity contribution is 6.04. The molecule has 8 heteroatoms. The van der Waals surface area contributed by atoms with E-state index in [1.165, 1.54) is 0 Å². The van der Waals surface area contributed by atoms with E-state index in [0.717, 1.165) is 17.9 Å². The molecule has 0 aliphatic rings. The summed E-state index contributed by atoms with van der Waals surface area (Å²) in [4.78, 5) is 26.0. The predicted molar refractivity (Wildman–Crippen MR) is 116 cm³/mol. The largest absolute Gasteiger partial charge is 0.370 e. The van der Waals surface area contributed by atoms with Gasteiger partial charge in [-0.3, -0.25) is 14.5 Å². The van der Waals surface area contributed by atoms with Crippen LogP contribution < -0.4 is 10.6 Å². The van der Waals surface area contributed by atoms with E-state index in [1.807, 2.05) is 49.4 Å². The number of aromatic nitrogens is 5. The molecule has 150 valence electrons. The van der Waals surface area contributed by atoms with Crippen LogP contribution in [0.4, 0.5) is 11.5 Å². The van der Waals surface area contributed by atoms with Crippen LogP contribution in [0.15, 0.2) is 67.1 Å². The van der Waals surface area contributed by atoms with Crippen molar-refractivity contribution in [1.29, 1.82) is 0 Å². The minimum absolute atomic E-state index is 0.310. The first-order valence-corrected chi connectivity index (χ1v) is 9.58. The lowest BCUT2D eigenvalue weighted by atomic mass is 10.1. The maximum atomic E-state index is 12.9. The number of rotatable bonds is 6. The van der Waals surface area contributed by atoms with Crippen molar-refractivity contribution in [2.24, 2.45) is 7.05 Å². The molecule has 0 aliphatic heterocycles. The number of hydrogen-bond donors (Lipinski definition) is 2. The number of hydrogen-bond acceptors (Lipinski definition) is 6. The molecule has 4 rings (SSSR count). The molecule has 30 heavy (non-hydrogen) atoms. The fourth-order valence-electron chi connectivity index (χ4n) is 3.05. The van der Waals surface area contributed by atoms with Gasteiger partial charge < -0.3 is 10.6 Å². The van der Waals surface area contributed by atoms with E-state index < -0.39 is 0 Å². The van der Waals surface area contributed by atoms with Crippen LogP contribution in [0.1, 0.15) is 17.4 Å². The van der Waals surface area contributed by atoms with Crippen LogP contribution in [-0.4, -0.2) is 37.2 Å². The number of anilines is 2. The fraction of sp³-hybridized carbons (Fsp3) is 0.136. The Morgan fingerprint density at radius 1 is 1.03 bits per heavy atom. The van der Waals surface area contributed by atoms with Crippen LogP contribution in [0.25, 0.3) is 22.6 Å².